The number of fused-ring (bicyclic) bond motifs is 1. The highest BCUT2D eigenvalue weighted by molar-refractivity contribution is 5.88. The molecule has 1 aromatic heterocycles. The SMILES string of the molecule is Nc1cc2cn[nH]c2cc1NCC(O)C1CC1. The number of aliphatic hydroxyl groups excluding tert-OH is 1. The molecule has 0 bridgehead atoms. The molecule has 1 aliphatic rings. The molecule has 5 heteroatoms. The number of anilines is 2. The van der Waals surface area contributed by atoms with E-state index in [0.717, 1.165) is 29.4 Å². The first-order valence-electron chi connectivity index (χ1n) is 5.88. The van der Waals surface area contributed by atoms with E-state index in [1.54, 1.807) is 6.20 Å². The van der Waals surface area contributed by atoms with Gasteiger partial charge in [0.2, 0.25) is 0 Å². The maximum absolute atomic E-state index is 9.79. The number of nitrogens with zero attached hydrogens (tertiary/aromatic N) is 1. The van der Waals surface area contributed by atoms with E-state index in [2.05, 4.69) is 15.5 Å². The van der Waals surface area contributed by atoms with Gasteiger partial charge in [-0.3, -0.25) is 5.10 Å². The monoisotopic (exact) mass is 232 g/mol. The summed E-state index contributed by atoms with van der Waals surface area (Å²) in [6.07, 6.45) is 3.75. The van der Waals surface area contributed by atoms with Gasteiger partial charge in [-0.25, -0.2) is 0 Å². The molecule has 90 valence electrons. The van der Waals surface area contributed by atoms with E-state index in [0.29, 0.717) is 18.2 Å². The van der Waals surface area contributed by atoms with Gasteiger partial charge in [-0.1, -0.05) is 0 Å². The molecule has 0 radical (unpaired) electrons. The Kier molecular flexibility index (Phi) is 2.40. The van der Waals surface area contributed by atoms with Crippen LogP contribution in [0.1, 0.15) is 12.8 Å². The average Bonchev–Trinajstić information content (AvgIpc) is 3.07. The third-order valence-corrected chi connectivity index (χ3v) is 3.28. The summed E-state index contributed by atoms with van der Waals surface area (Å²) in [4.78, 5) is 0. The van der Waals surface area contributed by atoms with Gasteiger partial charge in [-0.2, -0.15) is 5.10 Å². The van der Waals surface area contributed by atoms with E-state index in [1.165, 1.54) is 0 Å². The maximum Gasteiger partial charge on any atom is 0.0740 e. The molecular weight excluding hydrogens is 216 g/mol. The molecule has 1 fully saturated rings. The number of aromatic amines is 1. The first kappa shape index (κ1) is 10.4. The Morgan fingerprint density at radius 1 is 1.53 bits per heavy atom. The van der Waals surface area contributed by atoms with E-state index in [1.807, 2.05) is 12.1 Å². The quantitative estimate of drug-likeness (QED) is 0.599. The predicted molar refractivity (Wildman–Crippen MR) is 67.7 cm³/mol. The van der Waals surface area contributed by atoms with Gasteiger partial charge in [0.1, 0.15) is 0 Å². The van der Waals surface area contributed by atoms with E-state index in [9.17, 15) is 5.11 Å². The smallest absolute Gasteiger partial charge is 0.0740 e. The Hall–Kier alpha value is -1.75. The van der Waals surface area contributed by atoms with Gasteiger partial charge in [0, 0.05) is 11.9 Å². The van der Waals surface area contributed by atoms with Crippen LogP contribution in [-0.2, 0) is 0 Å². The number of nitrogens with one attached hydrogen (secondary N) is 2. The number of nitrogen functional groups attached to an aromatic ring is 1. The highest BCUT2D eigenvalue weighted by atomic mass is 16.3. The van der Waals surface area contributed by atoms with Gasteiger partial charge >= 0.3 is 0 Å². The molecule has 17 heavy (non-hydrogen) atoms. The Bertz CT molecular complexity index is 532. The lowest BCUT2D eigenvalue weighted by molar-refractivity contribution is 0.164. The minimum Gasteiger partial charge on any atom is -0.397 e. The standard InChI is InChI=1S/C12H16N4O/c13-9-3-8-5-15-16-10(8)4-11(9)14-6-12(17)7-1-2-7/h3-5,7,12,14,17H,1-2,6,13H2,(H,15,16). The highest BCUT2D eigenvalue weighted by Gasteiger charge is 2.29. The molecule has 3 rings (SSSR count). The summed E-state index contributed by atoms with van der Waals surface area (Å²) in [6.45, 7) is 0.550. The first-order chi connectivity index (χ1) is 8.24. The second-order valence-corrected chi connectivity index (χ2v) is 4.68. The zero-order chi connectivity index (χ0) is 11.8. The highest BCUT2D eigenvalue weighted by Crippen LogP contribution is 2.33. The van der Waals surface area contributed by atoms with Crippen LogP contribution in [0.15, 0.2) is 18.3 Å². The van der Waals surface area contributed by atoms with Gasteiger partial charge in [0.25, 0.3) is 0 Å². The van der Waals surface area contributed by atoms with Crippen molar-refractivity contribution in [2.45, 2.75) is 18.9 Å². The van der Waals surface area contributed by atoms with E-state index in [4.69, 9.17) is 5.73 Å². The second kappa shape index (κ2) is 3.92. The first-order valence-corrected chi connectivity index (χ1v) is 5.88. The number of benzene rings is 1. The number of nitrogens with two attached hydrogens (primary N) is 1. The van der Waals surface area contributed by atoms with E-state index >= 15 is 0 Å². The van der Waals surface area contributed by atoms with Crippen molar-refractivity contribution in [1.29, 1.82) is 0 Å². The minimum atomic E-state index is -0.271. The van der Waals surface area contributed by atoms with Crippen molar-refractivity contribution in [2.24, 2.45) is 5.92 Å². The summed E-state index contributed by atoms with van der Waals surface area (Å²) < 4.78 is 0. The van der Waals surface area contributed by atoms with E-state index in [-0.39, 0.29) is 6.10 Å². The molecule has 5 N–H and O–H groups in total. The van der Waals surface area contributed by atoms with Gasteiger partial charge < -0.3 is 16.2 Å². The summed E-state index contributed by atoms with van der Waals surface area (Å²) in [5.74, 6) is 0.472. The van der Waals surface area contributed by atoms with Crippen molar-refractivity contribution in [3.8, 4) is 0 Å². The number of hydrogen-bond acceptors (Lipinski definition) is 4. The number of rotatable bonds is 4. The molecule has 1 aliphatic carbocycles. The summed E-state index contributed by atoms with van der Waals surface area (Å²) in [5.41, 5.74) is 8.42. The minimum absolute atomic E-state index is 0.271. The summed E-state index contributed by atoms with van der Waals surface area (Å²) >= 11 is 0. The third-order valence-electron chi connectivity index (χ3n) is 3.28. The van der Waals surface area contributed by atoms with Crippen molar-refractivity contribution < 1.29 is 5.11 Å². The molecule has 1 atom stereocenters. The van der Waals surface area contributed by atoms with Crippen molar-refractivity contribution in [3.05, 3.63) is 18.3 Å². The van der Waals surface area contributed by atoms with Gasteiger partial charge in [-0.15, -0.1) is 0 Å². The Morgan fingerprint density at radius 2 is 2.35 bits per heavy atom. The van der Waals surface area contributed by atoms with Crippen LogP contribution in [-0.4, -0.2) is 28.0 Å². The van der Waals surface area contributed by atoms with Crippen LogP contribution in [0.25, 0.3) is 10.9 Å². The third kappa shape index (κ3) is 2.06. The lowest BCUT2D eigenvalue weighted by Gasteiger charge is -2.13. The molecular formula is C12H16N4O. The normalized spacial score (nSPS) is 17.2. The van der Waals surface area contributed by atoms with Gasteiger partial charge in [0.05, 0.1) is 29.2 Å². The van der Waals surface area contributed by atoms with Crippen LogP contribution >= 0.6 is 0 Å². The van der Waals surface area contributed by atoms with Gasteiger partial charge in [0.15, 0.2) is 0 Å². The van der Waals surface area contributed by atoms with Crippen LogP contribution in [0.3, 0.4) is 0 Å². The van der Waals surface area contributed by atoms with Crippen molar-refractivity contribution in [1.82, 2.24) is 10.2 Å². The Balaban J connectivity index is 1.76. The van der Waals surface area contributed by atoms with Crippen LogP contribution in [0.2, 0.25) is 0 Å². The lowest BCUT2D eigenvalue weighted by Crippen LogP contribution is -2.21. The molecule has 0 amide bonds. The molecule has 1 aromatic carbocycles. The number of hydrogen-bond donors (Lipinski definition) is 4. The molecule has 1 saturated carbocycles. The van der Waals surface area contributed by atoms with E-state index < -0.39 is 0 Å². The number of H-pyrrole nitrogens is 1. The topological polar surface area (TPSA) is 87.0 Å². The van der Waals surface area contributed by atoms with Crippen LogP contribution < -0.4 is 11.1 Å². The zero-order valence-corrected chi connectivity index (χ0v) is 9.48. The number of aliphatic hydroxyl groups is 1. The lowest BCUT2D eigenvalue weighted by atomic mass is 10.2. The molecule has 0 aliphatic heterocycles. The molecule has 2 aromatic rings. The summed E-state index contributed by atoms with van der Waals surface area (Å²) in [5, 5.41) is 20.8. The largest absolute Gasteiger partial charge is 0.397 e. The second-order valence-electron chi connectivity index (χ2n) is 4.68. The van der Waals surface area contributed by atoms with Crippen molar-refractivity contribution >= 4 is 22.3 Å². The zero-order valence-electron chi connectivity index (χ0n) is 9.48. The van der Waals surface area contributed by atoms with Crippen LogP contribution in [0.4, 0.5) is 11.4 Å². The molecule has 0 saturated heterocycles. The fraction of sp³-hybridized carbons (Fsp3) is 0.417. The molecule has 5 nitrogen and oxygen atoms in total. The predicted octanol–water partition coefficient (Wildman–Crippen LogP) is 1.33. The fourth-order valence-electron chi connectivity index (χ4n) is 2.02. The van der Waals surface area contributed by atoms with Crippen molar-refractivity contribution in [2.75, 3.05) is 17.6 Å². The van der Waals surface area contributed by atoms with Crippen molar-refractivity contribution in [3.63, 3.8) is 0 Å². The molecule has 0 spiro atoms. The van der Waals surface area contributed by atoms with Gasteiger partial charge in [-0.05, 0) is 30.9 Å². The average molecular weight is 232 g/mol. The molecule has 1 heterocycles. The van der Waals surface area contributed by atoms with Crippen LogP contribution in [0, 0.1) is 5.92 Å². The van der Waals surface area contributed by atoms with Crippen LogP contribution in [0.5, 0.6) is 0 Å². The summed E-state index contributed by atoms with van der Waals surface area (Å²) in [7, 11) is 0. The maximum atomic E-state index is 9.79. The summed E-state index contributed by atoms with van der Waals surface area (Å²) in [6, 6.07) is 3.81. The Morgan fingerprint density at radius 3 is 3.12 bits per heavy atom. The molecule has 1 unspecified atom stereocenters. The number of aromatic nitrogens is 2. The Labute approximate surface area is 99.0 Å². The fourth-order valence-corrected chi connectivity index (χ4v) is 2.02.